The van der Waals surface area contributed by atoms with Gasteiger partial charge in [0, 0.05) is 37.7 Å². The molecular weight excluding hydrogens is 418 g/mol. The van der Waals surface area contributed by atoms with Crippen LogP contribution in [0, 0.1) is 6.92 Å². The third kappa shape index (κ3) is 6.10. The van der Waals surface area contributed by atoms with Gasteiger partial charge in [-0.25, -0.2) is 4.98 Å². The zero-order valence-corrected chi connectivity index (χ0v) is 19.7. The van der Waals surface area contributed by atoms with Gasteiger partial charge in [-0.2, -0.15) is 0 Å². The van der Waals surface area contributed by atoms with E-state index in [0.29, 0.717) is 19.6 Å². The Bertz CT molecular complexity index is 1010. The maximum Gasteiger partial charge on any atom is 0.228 e. The number of carbonyl (C=O) groups is 1. The Kier molecular flexibility index (Phi) is 7.43. The van der Waals surface area contributed by atoms with Gasteiger partial charge in [-0.15, -0.1) is 11.3 Å². The highest BCUT2D eigenvalue weighted by atomic mass is 32.1. The molecule has 0 spiro atoms. The van der Waals surface area contributed by atoms with Crippen LogP contribution in [-0.4, -0.2) is 35.9 Å². The van der Waals surface area contributed by atoms with E-state index in [1.165, 1.54) is 41.9 Å². The highest BCUT2D eigenvalue weighted by Gasteiger charge is 2.14. The molecule has 1 fully saturated rings. The van der Waals surface area contributed by atoms with Crippen LogP contribution >= 0.6 is 11.3 Å². The van der Waals surface area contributed by atoms with Gasteiger partial charge in [0.1, 0.15) is 17.4 Å². The van der Waals surface area contributed by atoms with Crippen LogP contribution in [0.25, 0.3) is 0 Å². The van der Waals surface area contributed by atoms with Gasteiger partial charge in [0.2, 0.25) is 5.91 Å². The number of aryl methyl sites for hydroxylation is 1. The van der Waals surface area contributed by atoms with Gasteiger partial charge in [0.05, 0.1) is 12.1 Å². The monoisotopic (exact) mass is 449 g/mol. The minimum atomic E-state index is 0.0707. The molecule has 1 aromatic heterocycles. The van der Waals surface area contributed by atoms with Crippen molar-refractivity contribution in [3.8, 4) is 5.75 Å². The number of benzene rings is 2. The summed E-state index contributed by atoms with van der Waals surface area (Å²) in [6, 6.07) is 16.6. The Hall–Kier alpha value is -2.86. The summed E-state index contributed by atoms with van der Waals surface area (Å²) < 4.78 is 5.79. The van der Waals surface area contributed by atoms with E-state index in [1.807, 2.05) is 36.7 Å². The average Bonchev–Trinajstić information content (AvgIpc) is 3.27. The van der Waals surface area contributed by atoms with E-state index >= 15 is 0 Å². The minimum Gasteiger partial charge on any atom is -0.486 e. The van der Waals surface area contributed by atoms with Crippen molar-refractivity contribution < 1.29 is 9.53 Å². The van der Waals surface area contributed by atoms with Crippen molar-refractivity contribution >= 4 is 22.9 Å². The van der Waals surface area contributed by atoms with Crippen LogP contribution in [0.4, 0.5) is 5.69 Å². The zero-order chi connectivity index (χ0) is 22.3. The van der Waals surface area contributed by atoms with Gasteiger partial charge in [-0.3, -0.25) is 4.79 Å². The first kappa shape index (κ1) is 22.3. The Morgan fingerprint density at radius 3 is 2.50 bits per heavy atom. The van der Waals surface area contributed by atoms with Gasteiger partial charge >= 0.3 is 0 Å². The number of thiazole rings is 1. The number of aromatic nitrogens is 1. The van der Waals surface area contributed by atoms with Crippen LogP contribution in [0.1, 0.15) is 41.1 Å². The van der Waals surface area contributed by atoms with Crippen molar-refractivity contribution in [3.63, 3.8) is 0 Å². The summed E-state index contributed by atoms with van der Waals surface area (Å²) in [6.45, 7) is 5.36. The number of piperidine rings is 1. The second kappa shape index (κ2) is 10.6. The second-order valence-corrected chi connectivity index (χ2v) is 9.42. The lowest BCUT2D eigenvalue weighted by atomic mass is 10.1. The third-order valence-corrected chi connectivity index (χ3v) is 6.69. The van der Waals surface area contributed by atoms with Crippen LogP contribution in [0.5, 0.6) is 5.75 Å². The molecule has 0 unspecified atom stereocenters. The number of amides is 1. The molecule has 0 saturated carbocycles. The summed E-state index contributed by atoms with van der Waals surface area (Å²) >= 11 is 1.53. The molecule has 1 aliphatic heterocycles. The standard InChI is InChI=1S/C26H31N3O2S/c1-20-6-12-24(13-7-20)31-18-25-27-22(19-32-25)16-26(30)28(2)17-21-8-10-23(11-9-21)29-14-4-3-5-15-29/h6-13,19H,3-5,14-18H2,1-2H3. The van der Waals surface area contributed by atoms with Gasteiger partial charge in [0.15, 0.2) is 0 Å². The first-order valence-corrected chi connectivity index (χ1v) is 12.2. The second-order valence-electron chi connectivity index (χ2n) is 8.48. The average molecular weight is 450 g/mol. The SMILES string of the molecule is Cc1ccc(OCc2nc(CC(=O)N(C)Cc3ccc(N4CCCCC4)cc3)cs2)cc1. The molecule has 2 heterocycles. The predicted molar refractivity (Wildman–Crippen MR) is 130 cm³/mol. The van der Waals surface area contributed by atoms with E-state index in [1.54, 1.807) is 4.90 Å². The number of hydrogen-bond acceptors (Lipinski definition) is 5. The lowest BCUT2D eigenvalue weighted by Gasteiger charge is -2.29. The smallest absolute Gasteiger partial charge is 0.228 e. The number of ether oxygens (including phenoxy) is 1. The first-order chi connectivity index (χ1) is 15.6. The molecule has 168 valence electrons. The highest BCUT2D eigenvalue weighted by molar-refractivity contribution is 7.09. The van der Waals surface area contributed by atoms with Crippen LogP contribution in [0.2, 0.25) is 0 Å². The van der Waals surface area contributed by atoms with E-state index in [4.69, 9.17) is 4.74 Å². The molecular formula is C26H31N3O2S. The molecule has 6 heteroatoms. The van der Waals surface area contributed by atoms with E-state index in [0.717, 1.165) is 35.1 Å². The summed E-state index contributed by atoms with van der Waals surface area (Å²) in [5.74, 6) is 0.899. The van der Waals surface area contributed by atoms with Crippen molar-refractivity contribution in [2.45, 2.75) is 45.8 Å². The minimum absolute atomic E-state index is 0.0707. The van der Waals surface area contributed by atoms with Gasteiger partial charge < -0.3 is 14.5 Å². The summed E-state index contributed by atoms with van der Waals surface area (Å²) in [7, 11) is 1.86. The van der Waals surface area contributed by atoms with Crippen LogP contribution < -0.4 is 9.64 Å². The van der Waals surface area contributed by atoms with E-state index in [-0.39, 0.29) is 5.91 Å². The fraction of sp³-hybridized carbons (Fsp3) is 0.385. The lowest BCUT2D eigenvalue weighted by Crippen LogP contribution is -2.29. The Morgan fingerprint density at radius 2 is 1.78 bits per heavy atom. The normalized spacial score (nSPS) is 13.8. The lowest BCUT2D eigenvalue weighted by molar-refractivity contribution is -0.129. The van der Waals surface area contributed by atoms with E-state index < -0.39 is 0 Å². The van der Waals surface area contributed by atoms with Crippen molar-refractivity contribution in [2.24, 2.45) is 0 Å². The Labute approximate surface area is 194 Å². The molecule has 5 nitrogen and oxygen atoms in total. The number of carbonyl (C=O) groups excluding carboxylic acids is 1. The third-order valence-electron chi connectivity index (χ3n) is 5.82. The summed E-state index contributed by atoms with van der Waals surface area (Å²) in [4.78, 5) is 21.5. The number of hydrogen-bond donors (Lipinski definition) is 0. The van der Waals surface area contributed by atoms with Gasteiger partial charge in [0.25, 0.3) is 0 Å². The number of rotatable bonds is 8. The fourth-order valence-electron chi connectivity index (χ4n) is 3.89. The first-order valence-electron chi connectivity index (χ1n) is 11.3. The van der Waals surface area contributed by atoms with Gasteiger partial charge in [-0.05, 0) is 56.0 Å². The number of likely N-dealkylation sites (N-methyl/N-ethyl adjacent to an activating group) is 1. The van der Waals surface area contributed by atoms with Crippen molar-refractivity contribution in [1.82, 2.24) is 9.88 Å². The topological polar surface area (TPSA) is 45.7 Å². The zero-order valence-electron chi connectivity index (χ0n) is 18.9. The molecule has 1 amide bonds. The van der Waals surface area contributed by atoms with Crippen LogP contribution in [0.15, 0.2) is 53.9 Å². The predicted octanol–water partition coefficient (Wildman–Crippen LogP) is 5.22. The Morgan fingerprint density at radius 1 is 1.06 bits per heavy atom. The molecule has 0 aliphatic carbocycles. The summed E-state index contributed by atoms with van der Waals surface area (Å²) in [6.07, 6.45) is 4.19. The molecule has 3 aromatic rings. The van der Waals surface area contributed by atoms with Crippen LogP contribution in [0.3, 0.4) is 0 Å². The molecule has 1 aliphatic rings. The summed E-state index contributed by atoms with van der Waals surface area (Å²) in [5, 5.41) is 2.83. The molecule has 4 rings (SSSR count). The van der Waals surface area contributed by atoms with E-state index in [2.05, 4.69) is 41.1 Å². The van der Waals surface area contributed by atoms with E-state index in [9.17, 15) is 4.79 Å². The van der Waals surface area contributed by atoms with Crippen molar-refractivity contribution in [1.29, 1.82) is 0 Å². The fourth-order valence-corrected chi connectivity index (χ4v) is 4.60. The quantitative estimate of drug-likeness (QED) is 0.473. The molecule has 2 aromatic carbocycles. The number of anilines is 1. The Balaban J connectivity index is 1.25. The van der Waals surface area contributed by atoms with Crippen molar-refractivity contribution in [2.75, 3.05) is 25.0 Å². The number of nitrogens with zero attached hydrogens (tertiary/aromatic N) is 3. The molecule has 0 atom stereocenters. The molecule has 0 radical (unpaired) electrons. The molecule has 0 N–H and O–H groups in total. The largest absolute Gasteiger partial charge is 0.486 e. The van der Waals surface area contributed by atoms with Crippen molar-refractivity contribution in [3.05, 3.63) is 75.7 Å². The van der Waals surface area contributed by atoms with Crippen LogP contribution in [-0.2, 0) is 24.4 Å². The highest BCUT2D eigenvalue weighted by Crippen LogP contribution is 2.21. The molecule has 0 bridgehead atoms. The maximum absolute atomic E-state index is 12.7. The molecule has 32 heavy (non-hydrogen) atoms. The maximum atomic E-state index is 12.7. The van der Waals surface area contributed by atoms with Gasteiger partial charge in [-0.1, -0.05) is 29.8 Å². The molecule has 1 saturated heterocycles. The summed E-state index contributed by atoms with van der Waals surface area (Å²) in [5.41, 5.74) is 4.43.